The Balaban J connectivity index is 1.91. The molecule has 76 valence electrons. The maximum atomic E-state index is 3.67. The summed E-state index contributed by atoms with van der Waals surface area (Å²) in [6.07, 6.45) is 5.77. The zero-order valence-corrected chi connectivity index (χ0v) is 8.92. The number of hydrogen-bond acceptors (Lipinski definition) is 2. The van der Waals surface area contributed by atoms with Crippen molar-refractivity contribution in [3.8, 4) is 0 Å². The Hall–Kier alpha value is -0.0800. The molecule has 0 aromatic heterocycles. The molecule has 3 rings (SSSR count). The fraction of sp³-hybridized carbons (Fsp3) is 1.00. The normalized spacial score (nSPS) is 39.5. The molecule has 3 unspecified atom stereocenters. The quantitative estimate of drug-likeness (QED) is 0.693. The number of nitrogens with one attached hydrogen (secondary N) is 1. The maximum absolute atomic E-state index is 3.67. The molecule has 1 aliphatic carbocycles. The lowest BCUT2D eigenvalue weighted by molar-refractivity contribution is 0.289. The molecule has 2 aliphatic heterocycles. The minimum Gasteiger partial charge on any atom is -0.314 e. The van der Waals surface area contributed by atoms with E-state index in [0.717, 1.165) is 17.9 Å². The van der Waals surface area contributed by atoms with Gasteiger partial charge in [-0.05, 0) is 58.2 Å². The Bertz CT molecular complexity index is 145. The van der Waals surface area contributed by atoms with Gasteiger partial charge in [-0.3, -0.25) is 0 Å². The van der Waals surface area contributed by atoms with Gasteiger partial charge < -0.3 is 10.2 Å². The van der Waals surface area contributed by atoms with Gasteiger partial charge in [0.25, 0.3) is 0 Å². The first-order chi connectivity index (χ1) is 6.24. The van der Waals surface area contributed by atoms with E-state index in [-0.39, 0.29) is 0 Å². The highest BCUT2D eigenvalue weighted by Gasteiger charge is 2.30. The summed E-state index contributed by atoms with van der Waals surface area (Å²) in [5.74, 6) is 1.92. The standard InChI is InChI=1S/C11H22N2/c1-13(2)8-10-5-9-3-4-11(6-10)12-7-9/h9-12H,3-8H2,1-2H3. The molecule has 0 spiro atoms. The Morgan fingerprint density at radius 1 is 1.23 bits per heavy atom. The van der Waals surface area contributed by atoms with Crippen molar-refractivity contribution in [1.29, 1.82) is 0 Å². The van der Waals surface area contributed by atoms with E-state index in [0.29, 0.717) is 0 Å². The minimum atomic E-state index is 0.837. The summed E-state index contributed by atoms with van der Waals surface area (Å²) in [6.45, 7) is 2.57. The van der Waals surface area contributed by atoms with E-state index in [4.69, 9.17) is 0 Å². The maximum Gasteiger partial charge on any atom is 0.00704 e. The number of piperidine rings is 1. The first-order valence-corrected chi connectivity index (χ1v) is 5.62. The third kappa shape index (κ3) is 2.44. The fourth-order valence-electron chi connectivity index (χ4n) is 3.01. The number of rotatable bonds is 2. The van der Waals surface area contributed by atoms with Crippen molar-refractivity contribution in [2.24, 2.45) is 11.8 Å². The third-order valence-corrected chi connectivity index (χ3v) is 3.53. The zero-order chi connectivity index (χ0) is 9.26. The molecular formula is C11H22N2. The van der Waals surface area contributed by atoms with Crippen molar-refractivity contribution in [1.82, 2.24) is 10.2 Å². The molecule has 13 heavy (non-hydrogen) atoms. The van der Waals surface area contributed by atoms with Crippen LogP contribution in [0.25, 0.3) is 0 Å². The van der Waals surface area contributed by atoms with Crippen molar-refractivity contribution < 1.29 is 0 Å². The van der Waals surface area contributed by atoms with Crippen LogP contribution >= 0.6 is 0 Å². The number of fused-ring (bicyclic) bond motifs is 4. The Morgan fingerprint density at radius 3 is 2.69 bits per heavy atom. The molecule has 0 radical (unpaired) electrons. The third-order valence-electron chi connectivity index (χ3n) is 3.53. The van der Waals surface area contributed by atoms with Crippen molar-refractivity contribution >= 4 is 0 Å². The molecule has 1 N–H and O–H groups in total. The van der Waals surface area contributed by atoms with Gasteiger partial charge in [-0.15, -0.1) is 0 Å². The average Bonchev–Trinajstić information content (AvgIpc) is 2.34. The summed E-state index contributed by atoms with van der Waals surface area (Å²) in [7, 11) is 4.39. The summed E-state index contributed by atoms with van der Waals surface area (Å²) in [6, 6.07) is 0.837. The minimum absolute atomic E-state index is 0.837. The highest BCUT2D eigenvalue weighted by molar-refractivity contribution is 4.87. The molecule has 2 nitrogen and oxygen atoms in total. The van der Waals surface area contributed by atoms with Crippen LogP contribution in [0.5, 0.6) is 0 Å². The number of hydrogen-bond donors (Lipinski definition) is 1. The lowest BCUT2D eigenvalue weighted by Crippen LogP contribution is -2.36. The number of nitrogens with zero attached hydrogens (tertiary/aromatic N) is 1. The first-order valence-electron chi connectivity index (χ1n) is 5.62. The van der Waals surface area contributed by atoms with E-state index in [2.05, 4.69) is 24.3 Å². The lowest BCUT2D eigenvalue weighted by atomic mass is 9.93. The van der Waals surface area contributed by atoms with Gasteiger partial charge in [0, 0.05) is 12.6 Å². The topological polar surface area (TPSA) is 15.3 Å². The van der Waals surface area contributed by atoms with E-state index in [1.54, 1.807) is 0 Å². The fourth-order valence-corrected chi connectivity index (χ4v) is 3.01. The van der Waals surface area contributed by atoms with Gasteiger partial charge in [0.2, 0.25) is 0 Å². The summed E-state index contributed by atoms with van der Waals surface area (Å²) in [4.78, 5) is 2.34. The van der Waals surface area contributed by atoms with Crippen molar-refractivity contribution in [2.45, 2.75) is 31.7 Å². The van der Waals surface area contributed by atoms with Crippen LogP contribution in [0, 0.1) is 11.8 Å². The Kier molecular flexibility index (Phi) is 2.89. The van der Waals surface area contributed by atoms with Crippen LogP contribution in [0.2, 0.25) is 0 Å². The van der Waals surface area contributed by atoms with Crippen molar-refractivity contribution in [2.75, 3.05) is 27.2 Å². The molecule has 2 heteroatoms. The molecule has 1 saturated carbocycles. The van der Waals surface area contributed by atoms with Crippen LogP contribution in [0.4, 0.5) is 0 Å². The second-order valence-corrected chi connectivity index (χ2v) is 5.15. The summed E-state index contributed by atoms with van der Waals surface area (Å²) < 4.78 is 0. The van der Waals surface area contributed by atoms with E-state index >= 15 is 0 Å². The molecule has 2 bridgehead atoms. The van der Waals surface area contributed by atoms with Crippen LogP contribution in [0.15, 0.2) is 0 Å². The van der Waals surface area contributed by atoms with E-state index in [1.165, 1.54) is 38.8 Å². The molecule has 3 aliphatic rings. The van der Waals surface area contributed by atoms with Gasteiger partial charge in [0.15, 0.2) is 0 Å². The second-order valence-electron chi connectivity index (χ2n) is 5.15. The molecule has 0 aromatic carbocycles. The summed E-state index contributed by atoms with van der Waals surface area (Å²) >= 11 is 0. The van der Waals surface area contributed by atoms with E-state index in [1.807, 2.05) is 0 Å². The highest BCUT2D eigenvalue weighted by Crippen LogP contribution is 2.31. The van der Waals surface area contributed by atoms with Gasteiger partial charge in [0.1, 0.15) is 0 Å². The monoisotopic (exact) mass is 182 g/mol. The highest BCUT2D eigenvalue weighted by atomic mass is 15.1. The predicted molar refractivity (Wildman–Crippen MR) is 55.8 cm³/mol. The van der Waals surface area contributed by atoms with Gasteiger partial charge in [-0.25, -0.2) is 0 Å². The van der Waals surface area contributed by atoms with Crippen LogP contribution in [0.1, 0.15) is 25.7 Å². The molecule has 2 saturated heterocycles. The summed E-state index contributed by atoms with van der Waals surface area (Å²) in [5, 5.41) is 3.67. The van der Waals surface area contributed by atoms with Gasteiger partial charge in [-0.2, -0.15) is 0 Å². The van der Waals surface area contributed by atoms with E-state index in [9.17, 15) is 0 Å². The Labute approximate surface area is 81.7 Å². The molecule has 0 amide bonds. The van der Waals surface area contributed by atoms with Crippen molar-refractivity contribution in [3.63, 3.8) is 0 Å². The van der Waals surface area contributed by atoms with Gasteiger partial charge in [-0.1, -0.05) is 0 Å². The van der Waals surface area contributed by atoms with Crippen LogP contribution in [-0.4, -0.2) is 38.1 Å². The Morgan fingerprint density at radius 2 is 2.08 bits per heavy atom. The zero-order valence-electron chi connectivity index (χ0n) is 8.92. The SMILES string of the molecule is CN(C)CC1CC2CCC(C1)NC2. The first kappa shape index (κ1) is 9.47. The molecule has 2 heterocycles. The second kappa shape index (κ2) is 3.97. The van der Waals surface area contributed by atoms with Gasteiger partial charge in [0.05, 0.1) is 0 Å². The van der Waals surface area contributed by atoms with Gasteiger partial charge >= 0.3 is 0 Å². The molecule has 3 atom stereocenters. The van der Waals surface area contributed by atoms with Crippen molar-refractivity contribution in [3.05, 3.63) is 0 Å². The largest absolute Gasteiger partial charge is 0.314 e. The smallest absolute Gasteiger partial charge is 0.00704 e. The average molecular weight is 182 g/mol. The molecular weight excluding hydrogens is 160 g/mol. The predicted octanol–water partition coefficient (Wildman–Crippen LogP) is 1.33. The van der Waals surface area contributed by atoms with E-state index < -0.39 is 0 Å². The molecule has 3 fully saturated rings. The molecule has 0 aromatic rings. The van der Waals surface area contributed by atoms with Crippen LogP contribution in [-0.2, 0) is 0 Å². The lowest BCUT2D eigenvalue weighted by Gasteiger charge is -2.24. The summed E-state index contributed by atoms with van der Waals surface area (Å²) in [5.41, 5.74) is 0. The van der Waals surface area contributed by atoms with Crippen LogP contribution in [0.3, 0.4) is 0 Å². The van der Waals surface area contributed by atoms with Crippen LogP contribution < -0.4 is 5.32 Å².